The number of hydrogen-bond acceptors (Lipinski definition) is 7. The number of nitrogens with one attached hydrogen (secondary N) is 1. The van der Waals surface area contributed by atoms with Crippen molar-refractivity contribution < 1.29 is 9.53 Å². The van der Waals surface area contributed by atoms with Crippen molar-refractivity contribution in [3.63, 3.8) is 0 Å². The van der Waals surface area contributed by atoms with E-state index in [2.05, 4.69) is 25.3 Å². The van der Waals surface area contributed by atoms with Crippen LogP contribution in [0.4, 0.5) is 11.6 Å². The average Bonchev–Trinajstić information content (AvgIpc) is 3.44. The van der Waals surface area contributed by atoms with Crippen LogP contribution in [0.3, 0.4) is 0 Å². The topological polar surface area (TPSA) is 120 Å². The number of amides is 1. The predicted molar refractivity (Wildman–Crippen MR) is 128 cm³/mol. The molecular weight excluding hydrogens is 454 g/mol. The van der Waals surface area contributed by atoms with E-state index in [1.165, 1.54) is 12.8 Å². The normalized spacial score (nSPS) is 19.3. The Morgan fingerprint density at radius 2 is 2.03 bits per heavy atom. The zero-order valence-electron chi connectivity index (χ0n) is 18.5. The Balaban J connectivity index is 1.41. The minimum Gasteiger partial charge on any atom is -0.475 e. The molecule has 2 aliphatic rings. The van der Waals surface area contributed by atoms with Gasteiger partial charge in [-0.25, -0.2) is 19.9 Å². The molecule has 4 aromatic rings. The molecule has 10 heteroatoms. The highest BCUT2D eigenvalue weighted by Crippen LogP contribution is 2.45. The van der Waals surface area contributed by atoms with Gasteiger partial charge in [0.1, 0.15) is 22.7 Å². The Hall–Kier alpha value is -3.72. The molecule has 1 aromatic carbocycles. The van der Waals surface area contributed by atoms with Crippen LogP contribution in [0.15, 0.2) is 42.9 Å². The molecule has 1 unspecified atom stereocenters. The van der Waals surface area contributed by atoms with Gasteiger partial charge in [0.05, 0.1) is 12.2 Å². The van der Waals surface area contributed by atoms with E-state index in [1.54, 1.807) is 31.5 Å². The number of anilines is 2. The zero-order chi connectivity index (χ0) is 23.4. The summed E-state index contributed by atoms with van der Waals surface area (Å²) in [6.07, 6.45) is 8.79. The minimum atomic E-state index is -1.04. The average molecular weight is 476 g/mol. The summed E-state index contributed by atoms with van der Waals surface area (Å²) in [4.78, 5) is 31.2. The van der Waals surface area contributed by atoms with Crippen LogP contribution in [0.1, 0.15) is 37.3 Å². The van der Waals surface area contributed by atoms with E-state index in [-0.39, 0.29) is 11.7 Å². The molecule has 1 aliphatic heterocycles. The second kappa shape index (κ2) is 7.66. The fraction of sp³-hybridized carbons (Fsp3) is 0.292. The van der Waals surface area contributed by atoms with Crippen LogP contribution >= 0.6 is 11.6 Å². The molecule has 1 saturated carbocycles. The number of imidazole rings is 1. The number of nitrogen functional groups attached to an aromatic ring is 1. The van der Waals surface area contributed by atoms with Crippen molar-refractivity contribution in [2.75, 3.05) is 17.7 Å². The summed E-state index contributed by atoms with van der Waals surface area (Å²) in [5, 5.41) is 3.46. The number of rotatable bonds is 6. The van der Waals surface area contributed by atoms with Gasteiger partial charge in [-0.1, -0.05) is 36.6 Å². The molecule has 9 nitrogen and oxygen atoms in total. The second-order valence-electron chi connectivity index (χ2n) is 8.91. The third kappa shape index (κ3) is 3.35. The van der Waals surface area contributed by atoms with Gasteiger partial charge in [0, 0.05) is 23.6 Å². The summed E-state index contributed by atoms with van der Waals surface area (Å²) < 4.78 is 7.79. The molecule has 1 fully saturated rings. The largest absolute Gasteiger partial charge is 0.475 e. The summed E-state index contributed by atoms with van der Waals surface area (Å²) in [6, 6.07) is 7.11. The number of hydrogen-bond donors (Lipinski definition) is 2. The van der Waals surface area contributed by atoms with E-state index < -0.39 is 5.41 Å². The van der Waals surface area contributed by atoms with Gasteiger partial charge in [0.2, 0.25) is 11.6 Å². The maximum Gasteiger partial charge on any atom is 0.259 e. The standard InChI is InChI=1S/C24H22ClN7O2/c1-24(14-4-6-15(25)7-5-14)17-18(26)29-19(30-20(17)31-23(24)33)16-12-32-10-9-27-21(32)22(28-16)34-11-8-13-2-3-13/h4-7,9-10,12-13H,2-3,8,11H2,1H3,(H3,26,29,30,31,33). The Kier molecular flexibility index (Phi) is 4.70. The lowest BCUT2D eigenvalue weighted by molar-refractivity contribution is -0.119. The Morgan fingerprint density at radius 3 is 2.79 bits per heavy atom. The number of fused-ring (bicyclic) bond motifs is 2. The summed E-state index contributed by atoms with van der Waals surface area (Å²) in [7, 11) is 0. The number of carbonyl (C=O) groups is 1. The molecular formula is C24H22ClN7O2. The van der Waals surface area contributed by atoms with Crippen molar-refractivity contribution in [3.8, 4) is 17.4 Å². The molecule has 3 aromatic heterocycles. The van der Waals surface area contributed by atoms with Crippen LogP contribution in [0.2, 0.25) is 5.02 Å². The highest BCUT2D eigenvalue weighted by Gasteiger charge is 2.47. The van der Waals surface area contributed by atoms with Crippen LogP contribution in [0, 0.1) is 5.92 Å². The molecule has 3 N–H and O–H groups in total. The molecule has 34 heavy (non-hydrogen) atoms. The number of benzene rings is 1. The van der Waals surface area contributed by atoms with Gasteiger partial charge in [-0.3, -0.25) is 4.79 Å². The molecule has 6 rings (SSSR count). The minimum absolute atomic E-state index is 0.208. The third-order valence-corrected chi connectivity index (χ3v) is 6.83. The van der Waals surface area contributed by atoms with E-state index in [1.807, 2.05) is 22.7 Å². The van der Waals surface area contributed by atoms with Crippen LogP contribution in [-0.2, 0) is 10.2 Å². The maximum absolute atomic E-state index is 13.1. The molecule has 0 saturated heterocycles. The Morgan fingerprint density at radius 1 is 1.24 bits per heavy atom. The number of halogens is 1. The van der Waals surface area contributed by atoms with Gasteiger partial charge in [-0.15, -0.1) is 0 Å². The van der Waals surface area contributed by atoms with E-state index in [0.29, 0.717) is 46.1 Å². The SMILES string of the molecule is CC1(c2ccc(Cl)cc2)C(=O)Nc2nc(-c3cn4ccnc4c(OCCC4CC4)n3)nc(N)c21. The lowest BCUT2D eigenvalue weighted by Crippen LogP contribution is -2.32. The fourth-order valence-electron chi connectivity index (χ4n) is 4.42. The van der Waals surface area contributed by atoms with E-state index in [4.69, 9.17) is 22.1 Å². The molecule has 172 valence electrons. The molecule has 1 aliphatic carbocycles. The van der Waals surface area contributed by atoms with Crippen LogP contribution in [0.25, 0.3) is 17.2 Å². The molecule has 1 amide bonds. The number of ether oxygens (including phenoxy) is 1. The van der Waals surface area contributed by atoms with E-state index >= 15 is 0 Å². The summed E-state index contributed by atoms with van der Waals surface area (Å²) in [6.45, 7) is 2.38. The lowest BCUT2D eigenvalue weighted by atomic mass is 9.78. The van der Waals surface area contributed by atoms with E-state index in [9.17, 15) is 4.79 Å². The van der Waals surface area contributed by atoms with Crippen molar-refractivity contribution in [2.45, 2.75) is 31.6 Å². The highest BCUT2D eigenvalue weighted by molar-refractivity contribution is 6.30. The van der Waals surface area contributed by atoms with E-state index in [0.717, 1.165) is 17.9 Å². The van der Waals surface area contributed by atoms with Gasteiger partial charge in [-0.2, -0.15) is 0 Å². The van der Waals surface area contributed by atoms with Gasteiger partial charge in [-0.05, 0) is 37.0 Å². The summed E-state index contributed by atoms with van der Waals surface area (Å²) in [5.74, 6) is 1.80. The lowest BCUT2D eigenvalue weighted by Gasteiger charge is -2.23. The highest BCUT2D eigenvalue weighted by atomic mass is 35.5. The zero-order valence-corrected chi connectivity index (χ0v) is 19.2. The van der Waals surface area contributed by atoms with Crippen molar-refractivity contribution >= 4 is 34.8 Å². The van der Waals surface area contributed by atoms with Crippen molar-refractivity contribution in [1.82, 2.24) is 24.3 Å². The second-order valence-corrected chi connectivity index (χ2v) is 9.35. The Labute approximate surface area is 200 Å². The van der Waals surface area contributed by atoms with Crippen molar-refractivity contribution in [2.24, 2.45) is 5.92 Å². The van der Waals surface area contributed by atoms with Crippen LogP contribution in [-0.4, -0.2) is 36.9 Å². The van der Waals surface area contributed by atoms with Gasteiger partial charge >= 0.3 is 0 Å². The number of aromatic nitrogens is 5. The fourth-order valence-corrected chi connectivity index (χ4v) is 4.54. The van der Waals surface area contributed by atoms with Gasteiger partial charge < -0.3 is 20.2 Å². The quantitative estimate of drug-likeness (QED) is 0.434. The number of nitrogens with two attached hydrogens (primary N) is 1. The van der Waals surface area contributed by atoms with Crippen LogP contribution in [0.5, 0.6) is 5.88 Å². The molecule has 0 spiro atoms. The van der Waals surface area contributed by atoms with Crippen LogP contribution < -0.4 is 15.8 Å². The van der Waals surface area contributed by atoms with Crippen molar-refractivity contribution in [3.05, 3.63) is 59.0 Å². The smallest absolute Gasteiger partial charge is 0.259 e. The monoisotopic (exact) mass is 475 g/mol. The third-order valence-electron chi connectivity index (χ3n) is 6.58. The molecule has 0 bridgehead atoms. The first-order valence-corrected chi connectivity index (χ1v) is 11.5. The first kappa shape index (κ1) is 20.9. The molecule has 4 heterocycles. The number of carbonyl (C=O) groups excluding carboxylic acids is 1. The molecule has 1 atom stereocenters. The first-order chi connectivity index (χ1) is 16.4. The van der Waals surface area contributed by atoms with Crippen molar-refractivity contribution in [1.29, 1.82) is 0 Å². The van der Waals surface area contributed by atoms with Gasteiger partial charge in [0.25, 0.3) is 5.88 Å². The van der Waals surface area contributed by atoms with Gasteiger partial charge in [0.15, 0.2) is 5.82 Å². The summed E-state index contributed by atoms with van der Waals surface area (Å²) >= 11 is 6.04. The first-order valence-electron chi connectivity index (χ1n) is 11.2. The summed E-state index contributed by atoms with van der Waals surface area (Å²) in [5.41, 5.74) is 7.75. The predicted octanol–water partition coefficient (Wildman–Crippen LogP) is 3.86. The maximum atomic E-state index is 13.1. The molecule has 0 radical (unpaired) electrons. The Bertz CT molecular complexity index is 1430. The number of nitrogens with zero attached hydrogens (tertiary/aromatic N) is 5.